The van der Waals surface area contributed by atoms with E-state index < -0.39 is 6.11 Å². The van der Waals surface area contributed by atoms with E-state index in [-0.39, 0.29) is 12.7 Å². The maximum atomic E-state index is 12.3. The van der Waals surface area contributed by atoms with Crippen molar-refractivity contribution in [3.63, 3.8) is 0 Å². The molecule has 0 N–H and O–H groups in total. The van der Waals surface area contributed by atoms with Crippen LogP contribution in [0.5, 0.6) is 0 Å². The highest BCUT2D eigenvalue weighted by Gasteiger charge is 2.23. The van der Waals surface area contributed by atoms with Gasteiger partial charge in [0, 0.05) is 6.92 Å². The lowest BCUT2D eigenvalue weighted by atomic mass is 10.3. The average molecular weight is 194 g/mol. The summed E-state index contributed by atoms with van der Waals surface area (Å²) in [6.45, 7) is 7.62. The molecular weight excluding hydrogens is 178 g/mol. The van der Waals surface area contributed by atoms with Gasteiger partial charge in [-0.25, -0.2) is 0 Å². The highest BCUT2D eigenvalue weighted by Crippen LogP contribution is 2.15. The van der Waals surface area contributed by atoms with E-state index in [1.165, 1.54) is 0 Å². The molecule has 0 saturated heterocycles. The molecule has 78 valence electrons. The molecule has 0 aliphatic carbocycles. The van der Waals surface area contributed by atoms with Gasteiger partial charge in [-0.15, -0.1) is 0 Å². The van der Waals surface area contributed by atoms with Gasteiger partial charge in [0.1, 0.15) is 6.10 Å². The summed E-state index contributed by atoms with van der Waals surface area (Å²) >= 11 is 0. The Labute approximate surface area is 77.5 Å². The summed E-state index contributed by atoms with van der Waals surface area (Å²) < 4.78 is 33.9. The van der Waals surface area contributed by atoms with Crippen LogP contribution in [0, 0.1) is 0 Å². The first-order chi connectivity index (χ1) is 5.85. The zero-order chi connectivity index (χ0) is 10.5. The molecule has 1 atom stereocenters. The Kier molecular flexibility index (Phi) is 4.91. The molecule has 1 unspecified atom stereocenters. The lowest BCUT2D eigenvalue weighted by molar-refractivity contribution is -0.235. The number of ether oxygens (including phenoxy) is 2. The lowest BCUT2D eigenvalue weighted by Gasteiger charge is -2.19. The predicted molar refractivity (Wildman–Crippen MR) is 46.6 cm³/mol. The first kappa shape index (κ1) is 12.4. The fourth-order valence-electron chi connectivity index (χ4n) is 0.759. The Bertz CT molecular complexity index is 163. The normalized spacial score (nSPS) is 13.9. The standard InChI is InChI=1S/C9H16F2O2/c1-5-8(13-7(2)3)6-12-9(4,10)11/h8H,2,5-6H2,1,3-4H3. The van der Waals surface area contributed by atoms with E-state index in [0.717, 1.165) is 0 Å². The topological polar surface area (TPSA) is 18.5 Å². The van der Waals surface area contributed by atoms with Crippen LogP contribution in [0.4, 0.5) is 8.78 Å². The van der Waals surface area contributed by atoms with Gasteiger partial charge in [-0.05, 0) is 13.3 Å². The molecule has 0 aromatic carbocycles. The van der Waals surface area contributed by atoms with Gasteiger partial charge >= 0.3 is 6.11 Å². The van der Waals surface area contributed by atoms with Crippen LogP contribution in [0.15, 0.2) is 12.3 Å². The van der Waals surface area contributed by atoms with Crippen molar-refractivity contribution in [2.24, 2.45) is 0 Å². The molecule has 0 aliphatic heterocycles. The van der Waals surface area contributed by atoms with Crippen LogP contribution in [0.3, 0.4) is 0 Å². The second kappa shape index (κ2) is 5.17. The molecule has 0 heterocycles. The summed E-state index contributed by atoms with van der Waals surface area (Å²) in [6.07, 6.45) is -2.82. The molecule has 0 fully saturated rings. The highest BCUT2D eigenvalue weighted by atomic mass is 19.3. The van der Waals surface area contributed by atoms with Gasteiger partial charge in [0.15, 0.2) is 0 Å². The van der Waals surface area contributed by atoms with Gasteiger partial charge in [0.2, 0.25) is 0 Å². The minimum Gasteiger partial charge on any atom is -0.493 e. The van der Waals surface area contributed by atoms with Crippen molar-refractivity contribution in [3.8, 4) is 0 Å². The SMILES string of the molecule is C=C(C)OC(CC)COC(C)(F)F. The van der Waals surface area contributed by atoms with E-state index in [2.05, 4.69) is 11.3 Å². The van der Waals surface area contributed by atoms with Crippen molar-refractivity contribution in [3.05, 3.63) is 12.3 Å². The second-order valence-corrected chi connectivity index (χ2v) is 2.97. The summed E-state index contributed by atoms with van der Waals surface area (Å²) in [5.41, 5.74) is 0. The summed E-state index contributed by atoms with van der Waals surface area (Å²) in [6, 6.07) is 0. The maximum Gasteiger partial charge on any atom is 0.353 e. The molecular formula is C9H16F2O2. The molecule has 0 saturated carbocycles. The summed E-state index contributed by atoms with van der Waals surface area (Å²) in [5, 5.41) is 0. The van der Waals surface area contributed by atoms with Crippen LogP contribution in [-0.4, -0.2) is 18.8 Å². The van der Waals surface area contributed by atoms with E-state index in [0.29, 0.717) is 19.1 Å². The number of halogens is 2. The number of allylic oxidation sites excluding steroid dienone is 1. The molecule has 0 aliphatic rings. The van der Waals surface area contributed by atoms with Gasteiger partial charge in [-0.3, -0.25) is 0 Å². The van der Waals surface area contributed by atoms with Gasteiger partial charge in [-0.1, -0.05) is 13.5 Å². The van der Waals surface area contributed by atoms with Gasteiger partial charge in [-0.2, -0.15) is 8.78 Å². The van der Waals surface area contributed by atoms with Crippen molar-refractivity contribution in [2.45, 2.75) is 39.4 Å². The summed E-state index contributed by atoms with van der Waals surface area (Å²) in [7, 11) is 0. The third-order valence-electron chi connectivity index (χ3n) is 1.35. The molecule has 0 rings (SSSR count). The molecule has 0 amide bonds. The van der Waals surface area contributed by atoms with Crippen molar-refractivity contribution < 1.29 is 18.3 Å². The fourth-order valence-corrected chi connectivity index (χ4v) is 0.759. The third kappa shape index (κ3) is 7.71. The summed E-state index contributed by atoms with van der Waals surface area (Å²) in [4.78, 5) is 0. The van der Waals surface area contributed by atoms with Crippen LogP contribution in [0.2, 0.25) is 0 Å². The minimum atomic E-state index is -3.09. The van der Waals surface area contributed by atoms with E-state index >= 15 is 0 Å². The van der Waals surface area contributed by atoms with Crippen LogP contribution in [-0.2, 0) is 9.47 Å². The molecule has 0 spiro atoms. The van der Waals surface area contributed by atoms with Crippen LogP contribution in [0.1, 0.15) is 27.2 Å². The summed E-state index contributed by atoms with van der Waals surface area (Å²) in [5.74, 6) is 0.509. The second-order valence-electron chi connectivity index (χ2n) is 2.97. The molecule has 4 heteroatoms. The van der Waals surface area contributed by atoms with Crippen molar-refractivity contribution in [1.29, 1.82) is 0 Å². The molecule has 0 aromatic rings. The maximum absolute atomic E-state index is 12.3. The lowest BCUT2D eigenvalue weighted by Crippen LogP contribution is -2.25. The molecule has 0 radical (unpaired) electrons. The Morgan fingerprint density at radius 1 is 1.54 bits per heavy atom. The molecule has 0 bridgehead atoms. The number of hydrogen-bond acceptors (Lipinski definition) is 2. The van der Waals surface area contributed by atoms with E-state index in [4.69, 9.17) is 4.74 Å². The highest BCUT2D eigenvalue weighted by molar-refractivity contribution is 4.76. The zero-order valence-electron chi connectivity index (χ0n) is 8.27. The number of alkyl halides is 2. The monoisotopic (exact) mass is 194 g/mol. The van der Waals surface area contributed by atoms with Crippen LogP contribution < -0.4 is 0 Å². The van der Waals surface area contributed by atoms with Crippen LogP contribution in [0.25, 0.3) is 0 Å². The number of rotatable bonds is 6. The van der Waals surface area contributed by atoms with Crippen molar-refractivity contribution in [2.75, 3.05) is 6.61 Å². The average Bonchev–Trinajstić information content (AvgIpc) is 1.95. The Balaban J connectivity index is 3.79. The van der Waals surface area contributed by atoms with Crippen molar-refractivity contribution >= 4 is 0 Å². The molecule has 2 nitrogen and oxygen atoms in total. The van der Waals surface area contributed by atoms with E-state index in [9.17, 15) is 8.78 Å². The Hall–Kier alpha value is -0.640. The van der Waals surface area contributed by atoms with Crippen LogP contribution >= 0.6 is 0 Å². The first-order valence-corrected chi connectivity index (χ1v) is 4.19. The van der Waals surface area contributed by atoms with E-state index in [1.807, 2.05) is 6.92 Å². The smallest absolute Gasteiger partial charge is 0.353 e. The quantitative estimate of drug-likeness (QED) is 0.605. The third-order valence-corrected chi connectivity index (χ3v) is 1.35. The minimum absolute atomic E-state index is 0.118. The first-order valence-electron chi connectivity index (χ1n) is 4.19. The number of hydrogen-bond donors (Lipinski definition) is 0. The van der Waals surface area contributed by atoms with Crippen molar-refractivity contribution in [1.82, 2.24) is 0 Å². The predicted octanol–water partition coefficient (Wildman–Crippen LogP) is 2.94. The van der Waals surface area contributed by atoms with Gasteiger partial charge in [0.05, 0.1) is 12.4 Å². The largest absolute Gasteiger partial charge is 0.493 e. The molecule has 13 heavy (non-hydrogen) atoms. The van der Waals surface area contributed by atoms with Gasteiger partial charge < -0.3 is 9.47 Å². The Morgan fingerprint density at radius 3 is 2.38 bits per heavy atom. The van der Waals surface area contributed by atoms with E-state index in [1.54, 1.807) is 6.92 Å². The molecule has 0 aromatic heterocycles. The zero-order valence-corrected chi connectivity index (χ0v) is 8.27. The van der Waals surface area contributed by atoms with Gasteiger partial charge in [0.25, 0.3) is 0 Å². The Morgan fingerprint density at radius 2 is 2.08 bits per heavy atom. The fraction of sp³-hybridized carbons (Fsp3) is 0.778.